The van der Waals surface area contributed by atoms with Crippen molar-refractivity contribution >= 4 is 37.8 Å². The summed E-state index contributed by atoms with van der Waals surface area (Å²) in [7, 11) is 0. The Labute approximate surface area is 118 Å². The summed E-state index contributed by atoms with van der Waals surface area (Å²) < 4.78 is 1.83. The van der Waals surface area contributed by atoms with Crippen molar-refractivity contribution in [3.8, 4) is 0 Å². The number of carbonyl (C=O) groups excluding carboxylic acids is 1. The highest BCUT2D eigenvalue weighted by molar-refractivity contribution is 9.11. The predicted molar refractivity (Wildman–Crippen MR) is 75.2 cm³/mol. The van der Waals surface area contributed by atoms with Crippen molar-refractivity contribution in [2.24, 2.45) is 0 Å². The molecule has 1 N–H and O–H groups in total. The molecular formula is C12H14Br2N2O. The first-order valence-corrected chi connectivity index (χ1v) is 7.14. The molecule has 1 atom stereocenters. The number of nitrogens with one attached hydrogen (secondary N) is 1. The minimum Gasteiger partial charge on any atom is -0.333 e. The summed E-state index contributed by atoms with van der Waals surface area (Å²) in [5, 5.41) is 3.28. The lowest BCUT2D eigenvalue weighted by molar-refractivity contribution is 0.0655. The van der Waals surface area contributed by atoms with E-state index in [1.54, 1.807) is 0 Å². The van der Waals surface area contributed by atoms with Crippen molar-refractivity contribution in [3.05, 3.63) is 32.7 Å². The van der Waals surface area contributed by atoms with Crippen LogP contribution >= 0.6 is 31.9 Å². The number of hydrogen-bond donors (Lipinski definition) is 1. The highest BCUT2D eigenvalue weighted by Gasteiger charge is 2.24. The Morgan fingerprint density at radius 3 is 2.59 bits per heavy atom. The minimum absolute atomic E-state index is 0.0981. The maximum Gasteiger partial charge on any atom is 0.254 e. The van der Waals surface area contributed by atoms with Crippen molar-refractivity contribution in [2.45, 2.75) is 13.0 Å². The first-order valence-electron chi connectivity index (χ1n) is 5.55. The molecule has 5 heteroatoms. The van der Waals surface area contributed by atoms with Gasteiger partial charge in [-0.2, -0.15) is 0 Å². The largest absolute Gasteiger partial charge is 0.333 e. The maximum absolute atomic E-state index is 12.4. The summed E-state index contributed by atoms with van der Waals surface area (Å²) in [6, 6.07) is 5.90. The van der Waals surface area contributed by atoms with Crippen molar-refractivity contribution < 1.29 is 4.79 Å². The molecule has 1 fully saturated rings. The van der Waals surface area contributed by atoms with Crippen LogP contribution in [0.25, 0.3) is 0 Å². The Hall–Kier alpha value is -0.390. The van der Waals surface area contributed by atoms with Crippen LogP contribution in [0.5, 0.6) is 0 Å². The molecule has 1 aromatic carbocycles. The first-order chi connectivity index (χ1) is 8.08. The lowest BCUT2D eigenvalue weighted by Gasteiger charge is -2.34. The van der Waals surface area contributed by atoms with Crippen LogP contribution in [0.4, 0.5) is 0 Å². The second-order valence-corrected chi connectivity index (χ2v) is 6.04. The Balaban J connectivity index is 2.23. The number of amides is 1. The van der Waals surface area contributed by atoms with Gasteiger partial charge in [0, 0.05) is 40.2 Å². The molecule has 0 unspecified atom stereocenters. The van der Waals surface area contributed by atoms with Gasteiger partial charge >= 0.3 is 0 Å². The van der Waals surface area contributed by atoms with Crippen molar-refractivity contribution in [2.75, 3.05) is 19.6 Å². The van der Waals surface area contributed by atoms with Crippen LogP contribution < -0.4 is 5.32 Å². The zero-order valence-corrected chi connectivity index (χ0v) is 12.7. The van der Waals surface area contributed by atoms with Gasteiger partial charge in [0.15, 0.2) is 0 Å². The number of nitrogens with zero attached hydrogens (tertiary/aromatic N) is 1. The Bertz CT molecular complexity index is 416. The average Bonchev–Trinajstić information content (AvgIpc) is 2.27. The fraction of sp³-hybridized carbons (Fsp3) is 0.417. The quantitative estimate of drug-likeness (QED) is 0.833. The Morgan fingerprint density at radius 2 is 2.00 bits per heavy atom. The molecule has 1 heterocycles. The van der Waals surface area contributed by atoms with E-state index in [0.717, 1.165) is 34.1 Å². The zero-order chi connectivity index (χ0) is 12.4. The highest BCUT2D eigenvalue weighted by Crippen LogP contribution is 2.22. The van der Waals surface area contributed by atoms with Crippen molar-refractivity contribution in [1.82, 2.24) is 10.2 Å². The fourth-order valence-corrected chi connectivity index (χ4v) is 3.28. The second-order valence-electron chi connectivity index (χ2n) is 4.21. The van der Waals surface area contributed by atoms with Gasteiger partial charge in [0.05, 0.1) is 0 Å². The normalized spacial score (nSPS) is 20.4. The van der Waals surface area contributed by atoms with Crippen molar-refractivity contribution in [3.63, 3.8) is 0 Å². The molecule has 1 saturated heterocycles. The van der Waals surface area contributed by atoms with Crippen LogP contribution in [0.1, 0.15) is 17.3 Å². The van der Waals surface area contributed by atoms with Gasteiger partial charge in [0.2, 0.25) is 0 Å². The molecule has 0 aliphatic carbocycles. The summed E-state index contributed by atoms with van der Waals surface area (Å²) in [6.45, 7) is 4.56. The number of hydrogen-bond acceptors (Lipinski definition) is 2. The van der Waals surface area contributed by atoms with Crippen molar-refractivity contribution in [1.29, 1.82) is 0 Å². The molecule has 92 valence electrons. The molecule has 1 aliphatic rings. The van der Waals surface area contributed by atoms with E-state index >= 15 is 0 Å². The number of rotatable bonds is 1. The van der Waals surface area contributed by atoms with Crippen LogP contribution in [-0.2, 0) is 0 Å². The van der Waals surface area contributed by atoms with E-state index in [9.17, 15) is 4.79 Å². The van der Waals surface area contributed by atoms with Gasteiger partial charge < -0.3 is 10.2 Å². The number of benzene rings is 1. The van der Waals surface area contributed by atoms with Gasteiger partial charge in [-0.15, -0.1) is 0 Å². The molecule has 17 heavy (non-hydrogen) atoms. The third-order valence-corrected chi connectivity index (χ3v) is 3.79. The molecular weight excluding hydrogens is 348 g/mol. The lowest BCUT2D eigenvalue weighted by atomic mass is 10.1. The molecule has 0 radical (unpaired) electrons. The molecule has 0 saturated carbocycles. The van der Waals surface area contributed by atoms with Gasteiger partial charge in [-0.3, -0.25) is 4.79 Å². The van der Waals surface area contributed by atoms with Gasteiger partial charge in [0.1, 0.15) is 0 Å². The van der Waals surface area contributed by atoms with Gasteiger partial charge in [-0.1, -0.05) is 31.9 Å². The van der Waals surface area contributed by atoms with E-state index in [-0.39, 0.29) is 11.9 Å². The number of carbonyl (C=O) groups is 1. The second kappa shape index (κ2) is 5.50. The smallest absolute Gasteiger partial charge is 0.254 e. The third kappa shape index (κ3) is 3.09. The molecule has 1 aliphatic heterocycles. The van der Waals surface area contributed by atoms with Gasteiger partial charge in [-0.05, 0) is 25.1 Å². The molecule has 1 aromatic rings. The van der Waals surface area contributed by atoms with E-state index in [2.05, 4.69) is 44.1 Å². The molecule has 2 rings (SSSR count). The number of halogens is 2. The molecule has 0 aromatic heterocycles. The van der Waals surface area contributed by atoms with Crippen LogP contribution in [0, 0.1) is 0 Å². The molecule has 1 amide bonds. The van der Waals surface area contributed by atoms with Crippen LogP contribution in [0.2, 0.25) is 0 Å². The summed E-state index contributed by atoms with van der Waals surface area (Å²) >= 11 is 6.81. The molecule has 0 bridgehead atoms. The Kier molecular flexibility index (Phi) is 4.22. The van der Waals surface area contributed by atoms with Crippen LogP contribution in [-0.4, -0.2) is 36.5 Å². The van der Waals surface area contributed by atoms with Gasteiger partial charge in [0.25, 0.3) is 5.91 Å². The van der Waals surface area contributed by atoms with E-state index < -0.39 is 0 Å². The Morgan fingerprint density at radius 1 is 1.35 bits per heavy atom. The topological polar surface area (TPSA) is 32.3 Å². The number of piperazine rings is 1. The van der Waals surface area contributed by atoms with Crippen LogP contribution in [0.3, 0.4) is 0 Å². The third-order valence-electron chi connectivity index (χ3n) is 2.87. The predicted octanol–water partition coefficient (Wildman–Crippen LogP) is 2.65. The fourth-order valence-electron chi connectivity index (χ4n) is 1.99. The molecule has 0 spiro atoms. The minimum atomic E-state index is 0.0981. The van der Waals surface area contributed by atoms with E-state index in [4.69, 9.17) is 0 Å². The summed E-state index contributed by atoms with van der Waals surface area (Å²) in [5.41, 5.74) is 0.722. The lowest BCUT2D eigenvalue weighted by Crippen LogP contribution is -2.52. The average molecular weight is 362 g/mol. The summed E-state index contributed by atoms with van der Waals surface area (Å²) in [5.74, 6) is 0.0981. The van der Waals surface area contributed by atoms with E-state index in [0.29, 0.717) is 0 Å². The van der Waals surface area contributed by atoms with E-state index in [1.165, 1.54) is 0 Å². The molecule has 3 nitrogen and oxygen atoms in total. The zero-order valence-electron chi connectivity index (χ0n) is 9.54. The maximum atomic E-state index is 12.4. The van der Waals surface area contributed by atoms with Gasteiger partial charge in [-0.25, -0.2) is 0 Å². The van der Waals surface area contributed by atoms with E-state index in [1.807, 2.05) is 23.1 Å². The summed E-state index contributed by atoms with van der Waals surface area (Å²) in [4.78, 5) is 14.3. The van der Waals surface area contributed by atoms with Crippen LogP contribution in [0.15, 0.2) is 27.1 Å². The monoisotopic (exact) mass is 360 g/mol. The summed E-state index contributed by atoms with van der Waals surface area (Å²) in [6.07, 6.45) is 0. The SMILES string of the molecule is C[C@@H]1CNCCN1C(=O)c1cc(Br)cc(Br)c1. The standard InChI is InChI=1S/C12H14Br2N2O/c1-8-7-15-2-3-16(8)12(17)9-4-10(13)6-11(14)5-9/h4-6,8,15H,2-3,7H2,1H3/t8-/m1/s1. The highest BCUT2D eigenvalue weighted by atomic mass is 79.9. The first kappa shape index (κ1) is 13.1.